The Labute approximate surface area is 148 Å². The molecule has 1 aromatic carbocycles. The van der Waals surface area contributed by atoms with Crippen LogP contribution in [0.5, 0.6) is 0 Å². The van der Waals surface area contributed by atoms with Crippen LogP contribution in [0.4, 0.5) is 0 Å². The molecule has 0 aromatic heterocycles. The third kappa shape index (κ3) is 6.26. The summed E-state index contributed by atoms with van der Waals surface area (Å²) >= 11 is 0. The quantitative estimate of drug-likeness (QED) is 0.442. The molecule has 1 aliphatic rings. The highest BCUT2D eigenvalue weighted by Crippen LogP contribution is 2.22. The lowest BCUT2D eigenvalue weighted by Gasteiger charge is -2.35. The molecule has 0 bridgehead atoms. The second kappa shape index (κ2) is 10.5. The summed E-state index contributed by atoms with van der Waals surface area (Å²) in [5.74, 6) is 0. The first-order valence-corrected chi connectivity index (χ1v) is 9.70. The van der Waals surface area contributed by atoms with Crippen LogP contribution in [0, 0.1) is 0 Å². The van der Waals surface area contributed by atoms with Gasteiger partial charge in [-0.25, -0.2) is 0 Å². The molecule has 132 valence electrons. The fraction of sp³-hybridized carbons (Fsp3) is 0.545. The number of nitrogens with one attached hydrogen (secondary N) is 2. The number of hydrogen-bond donors (Lipinski definition) is 2. The van der Waals surface area contributed by atoms with Crippen molar-refractivity contribution < 1.29 is 0 Å². The van der Waals surface area contributed by atoms with E-state index in [0.29, 0.717) is 0 Å². The van der Waals surface area contributed by atoms with Gasteiger partial charge in [-0.15, -0.1) is 0 Å². The van der Waals surface area contributed by atoms with Gasteiger partial charge in [0.25, 0.3) is 0 Å². The fourth-order valence-electron chi connectivity index (χ4n) is 3.10. The van der Waals surface area contributed by atoms with E-state index in [4.69, 9.17) is 0 Å². The van der Waals surface area contributed by atoms with Gasteiger partial charge in [-0.1, -0.05) is 74.7 Å². The average Bonchev–Trinajstić information content (AvgIpc) is 2.63. The van der Waals surface area contributed by atoms with Crippen LogP contribution in [-0.2, 0) is 6.42 Å². The predicted molar refractivity (Wildman–Crippen MR) is 105 cm³/mol. The fourth-order valence-corrected chi connectivity index (χ4v) is 3.10. The van der Waals surface area contributed by atoms with E-state index in [9.17, 15) is 0 Å². The van der Waals surface area contributed by atoms with E-state index < -0.39 is 0 Å². The summed E-state index contributed by atoms with van der Waals surface area (Å²) in [5, 5.41) is 7.49. The van der Waals surface area contributed by atoms with Gasteiger partial charge in [-0.3, -0.25) is 10.6 Å². The van der Waals surface area contributed by atoms with Gasteiger partial charge in [0, 0.05) is 6.42 Å². The van der Waals surface area contributed by atoms with Crippen LogP contribution in [0.25, 0.3) is 0 Å². The highest BCUT2D eigenvalue weighted by Gasteiger charge is 2.26. The summed E-state index contributed by atoms with van der Waals surface area (Å²) in [6.07, 6.45) is 15.3. The van der Waals surface area contributed by atoms with E-state index in [1.165, 1.54) is 36.8 Å². The standard InChI is InChI=1S/C22H34N2/c1-3-5-18-23-22(24-19-6-4-2)16-14-21(15-17-22)13-12-20-10-8-7-9-11-20/h7-11,14-16,23-24H,3-6,12-13,17-19H2,1-2H3. The van der Waals surface area contributed by atoms with Crippen molar-refractivity contribution in [2.75, 3.05) is 13.1 Å². The maximum absolute atomic E-state index is 3.75. The summed E-state index contributed by atoms with van der Waals surface area (Å²) in [4.78, 5) is 0. The first kappa shape index (κ1) is 19.0. The normalized spacial score (nSPS) is 16.2. The monoisotopic (exact) mass is 326 g/mol. The minimum Gasteiger partial charge on any atom is -0.296 e. The van der Waals surface area contributed by atoms with Crippen molar-refractivity contribution >= 4 is 0 Å². The summed E-state index contributed by atoms with van der Waals surface area (Å²) in [6, 6.07) is 10.8. The van der Waals surface area contributed by atoms with Crippen molar-refractivity contribution in [3.63, 3.8) is 0 Å². The molecule has 2 N–H and O–H groups in total. The van der Waals surface area contributed by atoms with Crippen LogP contribution < -0.4 is 10.6 Å². The summed E-state index contributed by atoms with van der Waals surface area (Å²) in [5.41, 5.74) is 2.84. The van der Waals surface area contributed by atoms with Gasteiger partial charge < -0.3 is 0 Å². The number of aryl methyl sites for hydroxylation is 1. The van der Waals surface area contributed by atoms with Crippen LogP contribution in [0.15, 0.2) is 54.1 Å². The van der Waals surface area contributed by atoms with Crippen molar-refractivity contribution in [2.45, 2.75) is 64.5 Å². The maximum Gasteiger partial charge on any atom is 0.0917 e. The Morgan fingerprint density at radius 1 is 0.917 bits per heavy atom. The van der Waals surface area contributed by atoms with Crippen molar-refractivity contribution in [3.8, 4) is 0 Å². The predicted octanol–water partition coefficient (Wildman–Crippen LogP) is 4.98. The first-order chi connectivity index (χ1) is 11.8. The molecule has 0 atom stereocenters. The zero-order valence-corrected chi connectivity index (χ0v) is 15.5. The molecule has 1 aliphatic carbocycles. The molecule has 2 heteroatoms. The Bertz CT molecular complexity index is 506. The Morgan fingerprint density at radius 3 is 2.12 bits per heavy atom. The third-order valence-corrected chi connectivity index (χ3v) is 4.75. The highest BCUT2D eigenvalue weighted by atomic mass is 15.2. The molecular weight excluding hydrogens is 292 g/mol. The number of rotatable bonds is 11. The van der Waals surface area contributed by atoms with E-state index >= 15 is 0 Å². The van der Waals surface area contributed by atoms with Crippen molar-refractivity contribution in [1.29, 1.82) is 0 Å². The first-order valence-electron chi connectivity index (χ1n) is 9.70. The van der Waals surface area contributed by atoms with E-state index in [-0.39, 0.29) is 5.66 Å². The maximum atomic E-state index is 3.75. The van der Waals surface area contributed by atoms with Gasteiger partial charge >= 0.3 is 0 Å². The molecule has 0 aliphatic heterocycles. The van der Waals surface area contributed by atoms with E-state index in [2.05, 4.69) is 73.0 Å². The molecule has 1 aromatic rings. The molecule has 0 fully saturated rings. The molecule has 0 saturated carbocycles. The van der Waals surface area contributed by atoms with Gasteiger partial charge in [-0.2, -0.15) is 0 Å². The lowest BCUT2D eigenvalue weighted by Crippen LogP contribution is -2.56. The van der Waals surface area contributed by atoms with Crippen LogP contribution in [0.1, 0.15) is 57.9 Å². The SMILES string of the molecule is CCCCNC1(NCCCC)C=CC(CCc2ccccc2)=CC1. The van der Waals surface area contributed by atoms with Gasteiger partial charge in [0.05, 0.1) is 5.66 Å². The highest BCUT2D eigenvalue weighted by molar-refractivity contribution is 5.30. The van der Waals surface area contributed by atoms with Crippen LogP contribution in [-0.4, -0.2) is 18.8 Å². The van der Waals surface area contributed by atoms with Crippen LogP contribution >= 0.6 is 0 Å². The summed E-state index contributed by atoms with van der Waals surface area (Å²) < 4.78 is 0. The number of hydrogen-bond acceptors (Lipinski definition) is 2. The molecule has 2 nitrogen and oxygen atoms in total. The second-order valence-electron chi connectivity index (χ2n) is 6.83. The molecular formula is C22H34N2. The molecule has 0 radical (unpaired) electrons. The van der Waals surface area contributed by atoms with Crippen molar-refractivity contribution in [1.82, 2.24) is 10.6 Å². The van der Waals surface area contributed by atoms with E-state index in [1.54, 1.807) is 0 Å². The molecule has 0 spiro atoms. The molecule has 0 unspecified atom stereocenters. The number of allylic oxidation sites excluding steroid dienone is 2. The Morgan fingerprint density at radius 2 is 1.58 bits per heavy atom. The van der Waals surface area contributed by atoms with Crippen LogP contribution in [0.2, 0.25) is 0 Å². The number of unbranched alkanes of at least 4 members (excludes halogenated alkanes) is 2. The zero-order valence-electron chi connectivity index (χ0n) is 15.5. The Hall–Kier alpha value is -1.38. The Balaban J connectivity index is 1.88. The van der Waals surface area contributed by atoms with E-state index in [0.717, 1.165) is 32.4 Å². The lowest BCUT2D eigenvalue weighted by molar-refractivity contribution is 0.319. The second-order valence-corrected chi connectivity index (χ2v) is 6.83. The van der Waals surface area contributed by atoms with Gasteiger partial charge in [-0.05, 0) is 50.4 Å². The molecule has 0 heterocycles. The molecule has 24 heavy (non-hydrogen) atoms. The topological polar surface area (TPSA) is 24.1 Å². The van der Waals surface area contributed by atoms with Gasteiger partial charge in [0.2, 0.25) is 0 Å². The lowest BCUT2D eigenvalue weighted by atomic mass is 9.93. The summed E-state index contributed by atoms with van der Waals surface area (Å²) in [6.45, 7) is 6.65. The molecule has 0 amide bonds. The van der Waals surface area contributed by atoms with E-state index in [1.807, 2.05) is 0 Å². The van der Waals surface area contributed by atoms with Crippen molar-refractivity contribution in [2.24, 2.45) is 0 Å². The smallest absolute Gasteiger partial charge is 0.0917 e. The summed E-state index contributed by atoms with van der Waals surface area (Å²) in [7, 11) is 0. The average molecular weight is 327 g/mol. The molecule has 2 rings (SSSR count). The minimum atomic E-state index is -0.0411. The Kier molecular flexibility index (Phi) is 8.27. The largest absolute Gasteiger partial charge is 0.296 e. The molecule has 0 saturated heterocycles. The zero-order chi connectivity index (χ0) is 17.1. The van der Waals surface area contributed by atoms with Gasteiger partial charge in [0.1, 0.15) is 0 Å². The number of benzene rings is 1. The third-order valence-electron chi connectivity index (χ3n) is 4.75. The van der Waals surface area contributed by atoms with Crippen LogP contribution in [0.3, 0.4) is 0 Å². The minimum absolute atomic E-state index is 0.0411. The van der Waals surface area contributed by atoms with Gasteiger partial charge in [0.15, 0.2) is 0 Å². The van der Waals surface area contributed by atoms with Crippen molar-refractivity contribution in [3.05, 3.63) is 59.7 Å².